The largest absolute Gasteiger partial charge is 0.394 e. The molecule has 0 aromatic heterocycles. The average Bonchev–Trinajstić information content (AvgIpc) is 2.57. The molecule has 0 bridgehead atoms. The Morgan fingerprint density at radius 3 is 2.04 bits per heavy atom. The lowest BCUT2D eigenvalue weighted by Gasteiger charge is -2.16. The highest BCUT2D eigenvalue weighted by atomic mass is 32.1. The third kappa shape index (κ3) is 12.8. The van der Waals surface area contributed by atoms with Gasteiger partial charge >= 0.3 is 0 Å². The van der Waals surface area contributed by atoms with Crippen molar-refractivity contribution in [3.8, 4) is 0 Å². The fraction of sp³-hybridized carbons (Fsp3) is 0.889. The van der Waals surface area contributed by atoms with Crippen LogP contribution in [0.5, 0.6) is 0 Å². The van der Waals surface area contributed by atoms with Crippen molar-refractivity contribution in [3.05, 3.63) is 0 Å². The molecule has 0 spiro atoms. The summed E-state index contributed by atoms with van der Waals surface area (Å²) in [6, 6.07) is -0.694. The number of thiol groups is 1. The van der Waals surface area contributed by atoms with Crippen LogP contribution in [0.4, 0.5) is 0 Å². The molecule has 0 aliphatic carbocycles. The number of carbonyl (C=O) groups is 2. The fourth-order valence-electron chi connectivity index (χ4n) is 2.53. The second-order valence-corrected chi connectivity index (χ2v) is 6.75. The predicted molar refractivity (Wildman–Crippen MR) is 100 cm³/mol. The number of amides is 1. The number of aliphatic hydroxyl groups excluding tert-OH is 2. The maximum Gasteiger partial charge on any atom is 0.220 e. The van der Waals surface area contributed by atoms with E-state index in [1.54, 1.807) is 0 Å². The lowest BCUT2D eigenvalue weighted by molar-refractivity contribution is -0.128. The van der Waals surface area contributed by atoms with E-state index < -0.39 is 18.8 Å². The molecule has 0 aromatic rings. The van der Waals surface area contributed by atoms with Gasteiger partial charge in [0.25, 0.3) is 0 Å². The average molecular weight is 362 g/mol. The molecule has 0 saturated heterocycles. The summed E-state index contributed by atoms with van der Waals surface area (Å²) in [7, 11) is 0. The van der Waals surface area contributed by atoms with Gasteiger partial charge < -0.3 is 15.5 Å². The highest BCUT2D eigenvalue weighted by Gasteiger charge is 2.21. The maximum atomic E-state index is 11.9. The number of hydrogen-bond acceptors (Lipinski definition) is 5. The summed E-state index contributed by atoms with van der Waals surface area (Å²) in [5.41, 5.74) is 0. The van der Waals surface area contributed by atoms with E-state index in [-0.39, 0.29) is 23.9 Å². The Bertz CT molecular complexity index is 339. The summed E-state index contributed by atoms with van der Waals surface area (Å²) in [4.78, 5) is 23.7. The molecule has 1 amide bonds. The van der Waals surface area contributed by atoms with Gasteiger partial charge in [-0.1, -0.05) is 58.3 Å². The monoisotopic (exact) mass is 361 g/mol. The zero-order valence-electron chi connectivity index (χ0n) is 15.0. The maximum absolute atomic E-state index is 11.9. The number of unbranched alkanes of at least 4 members (excludes halogenated alkanes) is 8. The van der Waals surface area contributed by atoms with Crippen molar-refractivity contribution in [1.29, 1.82) is 0 Å². The van der Waals surface area contributed by atoms with Crippen LogP contribution in [0, 0.1) is 0 Å². The molecular weight excluding hydrogens is 326 g/mol. The lowest BCUT2D eigenvalue weighted by atomic mass is 10.1. The molecule has 24 heavy (non-hydrogen) atoms. The summed E-state index contributed by atoms with van der Waals surface area (Å²) in [5.74, 6) is -0.253. The first-order chi connectivity index (χ1) is 11.5. The van der Waals surface area contributed by atoms with Crippen LogP contribution in [0.3, 0.4) is 0 Å². The Morgan fingerprint density at radius 2 is 1.54 bits per heavy atom. The molecule has 0 aromatic carbocycles. The zero-order valence-corrected chi connectivity index (χ0v) is 15.9. The van der Waals surface area contributed by atoms with Crippen LogP contribution in [-0.4, -0.2) is 46.4 Å². The normalized spacial score (nSPS) is 13.5. The van der Waals surface area contributed by atoms with Gasteiger partial charge in [0.1, 0.15) is 0 Å². The van der Waals surface area contributed by atoms with Crippen LogP contribution >= 0.6 is 12.6 Å². The molecule has 0 unspecified atom stereocenters. The van der Waals surface area contributed by atoms with Gasteiger partial charge in [-0.15, -0.1) is 0 Å². The first kappa shape index (κ1) is 23.4. The number of ketones is 1. The van der Waals surface area contributed by atoms with Crippen LogP contribution in [0.25, 0.3) is 0 Å². The minimum absolute atomic E-state index is 0.149. The van der Waals surface area contributed by atoms with Crippen molar-refractivity contribution >= 4 is 24.3 Å². The van der Waals surface area contributed by atoms with Crippen molar-refractivity contribution in [2.24, 2.45) is 0 Å². The van der Waals surface area contributed by atoms with Gasteiger partial charge in [0.2, 0.25) is 5.91 Å². The van der Waals surface area contributed by atoms with Gasteiger partial charge in [-0.25, -0.2) is 0 Å². The van der Waals surface area contributed by atoms with E-state index in [0.717, 1.165) is 19.3 Å². The Morgan fingerprint density at radius 1 is 1.00 bits per heavy atom. The van der Waals surface area contributed by atoms with Gasteiger partial charge in [0, 0.05) is 18.6 Å². The first-order valence-corrected chi connectivity index (χ1v) is 9.90. The van der Waals surface area contributed by atoms with E-state index in [4.69, 9.17) is 5.11 Å². The molecule has 6 heteroatoms. The first-order valence-electron chi connectivity index (χ1n) is 9.27. The Kier molecular flexibility index (Phi) is 15.5. The topological polar surface area (TPSA) is 86.6 Å². The van der Waals surface area contributed by atoms with Crippen LogP contribution in [0.15, 0.2) is 0 Å². The van der Waals surface area contributed by atoms with Crippen LogP contribution in [0.1, 0.15) is 77.6 Å². The Balaban J connectivity index is 3.74. The SMILES string of the molecule is CCCCCCCCCCCC(=O)N[C@@H](CS)C(=O)C[C@@H](O)CO. The van der Waals surface area contributed by atoms with Crippen LogP contribution < -0.4 is 5.32 Å². The van der Waals surface area contributed by atoms with E-state index >= 15 is 0 Å². The Hall–Kier alpha value is -0.590. The molecule has 5 nitrogen and oxygen atoms in total. The number of carbonyl (C=O) groups excluding carboxylic acids is 2. The molecule has 0 aliphatic rings. The molecular formula is C18H35NO4S. The lowest BCUT2D eigenvalue weighted by Crippen LogP contribution is -2.43. The number of nitrogens with one attached hydrogen (secondary N) is 1. The van der Waals surface area contributed by atoms with E-state index in [9.17, 15) is 14.7 Å². The number of Topliss-reactive ketones (excluding diaryl/α,β-unsaturated/α-hetero) is 1. The molecule has 0 saturated carbocycles. The number of hydrogen-bond donors (Lipinski definition) is 4. The van der Waals surface area contributed by atoms with Crippen molar-refractivity contribution in [3.63, 3.8) is 0 Å². The van der Waals surface area contributed by atoms with E-state index in [0.29, 0.717) is 6.42 Å². The second-order valence-electron chi connectivity index (χ2n) is 6.39. The molecule has 0 rings (SSSR count). The van der Waals surface area contributed by atoms with Gasteiger partial charge in [0.05, 0.1) is 18.8 Å². The van der Waals surface area contributed by atoms with Crippen molar-refractivity contribution in [1.82, 2.24) is 5.32 Å². The summed E-state index contributed by atoms with van der Waals surface area (Å²) in [5, 5.41) is 20.7. The van der Waals surface area contributed by atoms with Gasteiger partial charge in [-0.05, 0) is 6.42 Å². The minimum Gasteiger partial charge on any atom is -0.394 e. The number of aliphatic hydroxyl groups is 2. The van der Waals surface area contributed by atoms with Crippen molar-refractivity contribution in [2.45, 2.75) is 89.7 Å². The summed E-state index contributed by atoms with van der Waals surface area (Å²) < 4.78 is 0. The third-order valence-electron chi connectivity index (χ3n) is 4.06. The summed E-state index contributed by atoms with van der Waals surface area (Å²) in [6.45, 7) is 1.75. The third-order valence-corrected chi connectivity index (χ3v) is 4.43. The van der Waals surface area contributed by atoms with Crippen LogP contribution in [-0.2, 0) is 9.59 Å². The van der Waals surface area contributed by atoms with Gasteiger partial charge in [0.15, 0.2) is 5.78 Å². The molecule has 0 heterocycles. The Labute approximate surface area is 152 Å². The number of rotatable bonds is 16. The van der Waals surface area contributed by atoms with Gasteiger partial charge in [-0.2, -0.15) is 12.6 Å². The quantitative estimate of drug-likeness (QED) is 0.251. The fourth-order valence-corrected chi connectivity index (χ4v) is 2.82. The predicted octanol–water partition coefficient (Wildman–Crippen LogP) is 2.63. The molecule has 142 valence electrons. The molecule has 3 N–H and O–H groups in total. The van der Waals surface area contributed by atoms with Crippen molar-refractivity contribution < 1.29 is 19.8 Å². The van der Waals surface area contributed by atoms with Gasteiger partial charge in [-0.3, -0.25) is 9.59 Å². The van der Waals surface area contributed by atoms with E-state index in [1.807, 2.05) is 0 Å². The van der Waals surface area contributed by atoms with Crippen molar-refractivity contribution in [2.75, 3.05) is 12.4 Å². The highest BCUT2D eigenvalue weighted by Crippen LogP contribution is 2.10. The molecule has 2 atom stereocenters. The highest BCUT2D eigenvalue weighted by molar-refractivity contribution is 7.80. The molecule has 0 fully saturated rings. The van der Waals surface area contributed by atoms with E-state index in [1.165, 1.54) is 38.5 Å². The summed E-state index contributed by atoms with van der Waals surface area (Å²) in [6.07, 6.45) is 9.89. The van der Waals surface area contributed by atoms with E-state index in [2.05, 4.69) is 24.9 Å². The van der Waals surface area contributed by atoms with Crippen LogP contribution in [0.2, 0.25) is 0 Å². The molecule has 0 aliphatic heterocycles. The molecule has 0 radical (unpaired) electrons. The standard InChI is InChI=1S/C18H35NO4S/c1-2-3-4-5-6-7-8-9-10-11-18(23)19-16(14-24)17(22)12-15(21)13-20/h15-16,20-21,24H,2-14H2,1H3,(H,19,23)/t15-,16+/m1/s1. The smallest absolute Gasteiger partial charge is 0.220 e. The summed E-state index contributed by atoms with van der Waals surface area (Å²) >= 11 is 4.07. The zero-order chi connectivity index (χ0) is 18.2. The minimum atomic E-state index is -1.07. The second kappa shape index (κ2) is 15.9.